The van der Waals surface area contributed by atoms with Gasteiger partial charge in [-0.2, -0.15) is 4.31 Å². The molecule has 0 saturated carbocycles. The first-order chi connectivity index (χ1) is 15.6. The molecule has 2 unspecified atom stereocenters. The van der Waals surface area contributed by atoms with Crippen molar-refractivity contribution < 1.29 is 22.5 Å². The Bertz CT molecular complexity index is 919. The van der Waals surface area contributed by atoms with Gasteiger partial charge >= 0.3 is 0 Å². The fourth-order valence-electron chi connectivity index (χ4n) is 4.72. The molecule has 0 radical (unpaired) electrons. The number of aromatic nitrogens is 1. The third-order valence-electron chi connectivity index (χ3n) is 6.50. The van der Waals surface area contributed by atoms with E-state index < -0.39 is 10.0 Å². The quantitative estimate of drug-likeness (QED) is 0.589. The monoisotopic (exact) mass is 483 g/mol. The Kier molecular flexibility index (Phi) is 8.52. The van der Waals surface area contributed by atoms with Gasteiger partial charge in [-0.1, -0.05) is 18.5 Å². The molecule has 186 valence electrons. The molecular weight excluding hydrogens is 446 g/mol. The van der Waals surface area contributed by atoms with Crippen LogP contribution < -0.4 is 5.32 Å². The van der Waals surface area contributed by atoms with E-state index in [0.29, 0.717) is 25.3 Å². The van der Waals surface area contributed by atoms with Crippen LogP contribution in [0, 0.1) is 19.8 Å². The average Bonchev–Trinajstić information content (AvgIpc) is 3.12. The molecule has 3 heterocycles. The zero-order valence-electron chi connectivity index (χ0n) is 20.2. The molecule has 0 aromatic carbocycles. The molecule has 0 bridgehead atoms. The second-order valence-corrected chi connectivity index (χ2v) is 11.1. The zero-order valence-corrected chi connectivity index (χ0v) is 21.0. The topological polar surface area (TPSA) is 116 Å². The number of nitrogens with one attached hydrogen (secondary N) is 1. The van der Waals surface area contributed by atoms with Crippen molar-refractivity contribution in [2.24, 2.45) is 5.92 Å². The molecule has 33 heavy (non-hydrogen) atoms. The van der Waals surface area contributed by atoms with Gasteiger partial charge in [-0.3, -0.25) is 14.5 Å². The van der Waals surface area contributed by atoms with E-state index in [1.54, 1.807) is 18.7 Å². The molecule has 0 spiro atoms. The fourth-order valence-corrected chi connectivity index (χ4v) is 6.43. The number of amides is 2. The molecule has 2 saturated heterocycles. The fraction of sp³-hybridized carbons (Fsp3) is 0.773. The van der Waals surface area contributed by atoms with E-state index in [2.05, 4.69) is 17.4 Å². The Morgan fingerprint density at radius 2 is 1.88 bits per heavy atom. The predicted molar refractivity (Wildman–Crippen MR) is 123 cm³/mol. The Labute approximate surface area is 196 Å². The van der Waals surface area contributed by atoms with Crippen molar-refractivity contribution in [3.8, 4) is 0 Å². The van der Waals surface area contributed by atoms with Crippen LogP contribution in [-0.4, -0.2) is 91.3 Å². The number of rotatable bonds is 8. The van der Waals surface area contributed by atoms with Crippen molar-refractivity contribution in [2.75, 3.05) is 45.8 Å². The molecule has 1 aromatic rings. The zero-order chi connectivity index (χ0) is 24.2. The lowest BCUT2D eigenvalue weighted by atomic mass is 9.96. The third kappa shape index (κ3) is 6.13. The molecule has 2 aliphatic heterocycles. The van der Waals surface area contributed by atoms with Gasteiger partial charge in [0.2, 0.25) is 21.8 Å². The summed E-state index contributed by atoms with van der Waals surface area (Å²) in [6.45, 7) is 10.1. The van der Waals surface area contributed by atoms with Crippen LogP contribution in [0.1, 0.15) is 51.0 Å². The smallest absolute Gasteiger partial charge is 0.248 e. The number of hydrogen-bond donors (Lipinski definition) is 1. The van der Waals surface area contributed by atoms with Gasteiger partial charge in [0.25, 0.3) is 0 Å². The summed E-state index contributed by atoms with van der Waals surface area (Å²) < 4.78 is 32.4. The largest absolute Gasteiger partial charge is 0.360 e. The Balaban J connectivity index is 1.50. The molecule has 2 atom stereocenters. The number of carbonyl (C=O) groups excluding carboxylic acids is 2. The van der Waals surface area contributed by atoms with E-state index in [0.717, 1.165) is 32.2 Å². The highest BCUT2D eigenvalue weighted by Gasteiger charge is 2.35. The molecule has 2 amide bonds. The molecule has 10 nitrogen and oxygen atoms in total. The number of nitrogens with zero attached hydrogens (tertiary/aromatic N) is 4. The predicted octanol–water partition coefficient (Wildman–Crippen LogP) is 1.14. The van der Waals surface area contributed by atoms with Crippen molar-refractivity contribution in [3.63, 3.8) is 0 Å². The Hall–Kier alpha value is -1.98. The van der Waals surface area contributed by atoms with Gasteiger partial charge in [0.15, 0.2) is 5.76 Å². The van der Waals surface area contributed by atoms with E-state index in [9.17, 15) is 18.0 Å². The van der Waals surface area contributed by atoms with Gasteiger partial charge in [0.1, 0.15) is 10.6 Å². The van der Waals surface area contributed by atoms with Gasteiger partial charge in [0.05, 0.1) is 12.5 Å². The molecule has 11 heteroatoms. The van der Waals surface area contributed by atoms with Crippen LogP contribution in [0.3, 0.4) is 0 Å². The van der Waals surface area contributed by atoms with Crippen LogP contribution in [0.5, 0.6) is 0 Å². The second kappa shape index (κ2) is 11.0. The lowest BCUT2D eigenvalue weighted by molar-refractivity contribution is -0.135. The third-order valence-corrected chi connectivity index (χ3v) is 8.65. The highest BCUT2D eigenvalue weighted by molar-refractivity contribution is 7.89. The maximum atomic E-state index is 13.0. The van der Waals surface area contributed by atoms with E-state index in [1.165, 1.54) is 4.31 Å². The average molecular weight is 484 g/mol. The summed E-state index contributed by atoms with van der Waals surface area (Å²) >= 11 is 0. The summed E-state index contributed by atoms with van der Waals surface area (Å²) in [6.07, 6.45) is 3.71. The number of likely N-dealkylation sites (tertiary alicyclic amines) is 1. The number of piperazine rings is 1. The standard InChI is InChI=1S/C22H37N5O5S/c1-5-7-16(2)23-22(29)19-8-6-9-25(14-19)15-20(28)26-10-12-27(13-11-26)33(30,31)21-17(3)24-32-18(21)4/h16,19H,5-15H2,1-4H3,(H,23,29). The molecule has 2 aliphatic rings. The van der Waals surface area contributed by atoms with Crippen LogP contribution in [0.2, 0.25) is 0 Å². The molecule has 1 N–H and O–H groups in total. The first kappa shape index (κ1) is 25.6. The summed E-state index contributed by atoms with van der Waals surface area (Å²) in [6, 6.07) is 0.164. The Morgan fingerprint density at radius 3 is 2.48 bits per heavy atom. The van der Waals surface area contributed by atoms with E-state index >= 15 is 0 Å². The maximum Gasteiger partial charge on any atom is 0.248 e. The van der Waals surface area contributed by atoms with Crippen molar-refractivity contribution >= 4 is 21.8 Å². The molecule has 3 rings (SSSR count). The summed E-state index contributed by atoms with van der Waals surface area (Å²) in [5.74, 6) is 0.234. The first-order valence-corrected chi connectivity index (χ1v) is 13.3. The van der Waals surface area contributed by atoms with Crippen LogP contribution in [0.25, 0.3) is 0 Å². The lowest BCUT2D eigenvalue weighted by Crippen LogP contribution is -2.53. The Morgan fingerprint density at radius 1 is 1.18 bits per heavy atom. The van der Waals surface area contributed by atoms with E-state index in [4.69, 9.17) is 4.52 Å². The highest BCUT2D eigenvalue weighted by atomic mass is 32.2. The maximum absolute atomic E-state index is 13.0. The number of sulfonamides is 1. The molecule has 0 aliphatic carbocycles. The van der Waals surface area contributed by atoms with Crippen molar-refractivity contribution in [2.45, 2.75) is 64.3 Å². The summed E-state index contributed by atoms with van der Waals surface area (Å²) in [7, 11) is -3.70. The van der Waals surface area contributed by atoms with Gasteiger partial charge in [0, 0.05) is 38.8 Å². The van der Waals surface area contributed by atoms with E-state index in [-0.39, 0.29) is 54.1 Å². The van der Waals surface area contributed by atoms with Crippen molar-refractivity contribution in [1.82, 2.24) is 24.6 Å². The number of hydrogen-bond acceptors (Lipinski definition) is 7. The van der Waals surface area contributed by atoms with Crippen molar-refractivity contribution in [3.05, 3.63) is 11.5 Å². The summed E-state index contributed by atoms with van der Waals surface area (Å²) in [5, 5.41) is 6.84. The summed E-state index contributed by atoms with van der Waals surface area (Å²) in [4.78, 5) is 29.4. The van der Waals surface area contributed by atoms with Gasteiger partial charge < -0.3 is 14.7 Å². The molecular formula is C22H37N5O5S. The minimum atomic E-state index is -3.70. The minimum absolute atomic E-state index is 0.0233. The lowest BCUT2D eigenvalue weighted by Gasteiger charge is -2.36. The first-order valence-electron chi connectivity index (χ1n) is 11.9. The summed E-state index contributed by atoms with van der Waals surface area (Å²) in [5.41, 5.74) is 0.346. The number of piperidine rings is 1. The number of carbonyl (C=O) groups is 2. The van der Waals surface area contributed by atoms with Gasteiger partial charge in [-0.15, -0.1) is 0 Å². The van der Waals surface area contributed by atoms with Crippen LogP contribution in [-0.2, 0) is 19.6 Å². The minimum Gasteiger partial charge on any atom is -0.360 e. The van der Waals surface area contributed by atoms with Crippen LogP contribution >= 0.6 is 0 Å². The normalized spacial score (nSPS) is 21.7. The second-order valence-electron chi connectivity index (χ2n) is 9.21. The van der Waals surface area contributed by atoms with Crippen molar-refractivity contribution in [1.29, 1.82) is 0 Å². The van der Waals surface area contributed by atoms with Crippen LogP contribution in [0.4, 0.5) is 0 Å². The number of aryl methyl sites for hydroxylation is 2. The van der Waals surface area contributed by atoms with Crippen LogP contribution in [0.15, 0.2) is 9.42 Å². The molecule has 1 aromatic heterocycles. The van der Waals surface area contributed by atoms with Gasteiger partial charge in [-0.25, -0.2) is 8.42 Å². The SMILES string of the molecule is CCCC(C)NC(=O)C1CCCN(CC(=O)N2CCN(S(=O)(=O)c3c(C)noc3C)CC2)C1. The van der Waals surface area contributed by atoms with E-state index in [1.807, 2.05) is 11.8 Å². The highest BCUT2D eigenvalue weighted by Crippen LogP contribution is 2.24. The molecule has 2 fully saturated rings. The van der Waals surface area contributed by atoms with Gasteiger partial charge in [-0.05, 0) is 46.6 Å².